The van der Waals surface area contributed by atoms with Crippen molar-refractivity contribution < 1.29 is 4.48 Å². The lowest BCUT2D eigenvalue weighted by Gasteiger charge is -2.29. The van der Waals surface area contributed by atoms with Crippen molar-refractivity contribution in [2.75, 3.05) is 45.7 Å². The molecule has 130 valence electrons. The summed E-state index contributed by atoms with van der Waals surface area (Å²) < 4.78 is 0.968. The monoisotopic (exact) mass is 346 g/mol. The summed E-state index contributed by atoms with van der Waals surface area (Å²) in [5.74, 6) is 0. The average Bonchev–Trinajstić information content (AvgIpc) is 2.84. The van der Waals surface area contributed by atoms with Crippen LogP contribution in [0.5, 0.6) is 0 Å². The number of nitrogens with zero attached hydrogens (tertiary/aromatic N) is 5. The Kier molecular flexibility index (Phi) is 6.07. The molecular weight excluding hydrogens is 318 g/mol. The molecule has 0 aliphatic heterocycles. The maximum Gasteiger partial charge on any atom is 0.230 e. The van der Waals surface area contributed by atoms with Crippen LogP contribution in [0, 0.1) is 13.8 Å². The molecule has 0 atom stereocenters. The van der Waals surface area contributed by atoms with E-state index in [4.69, 9.17) is 0 Å². The van der Waals surface area contributed by atoms with E-state index in [2.05, 4.69) is 67.2 Å². The number of aryl methyl sites for hydroxylation is 2. The number of hydrogen-bond acceptors (Lipinski definition) is 5. The lowest BCUT2D eigenvalue weighted by atomic mass is 10.2. The molecule has 0 amide bonds. The van der Waals surface area contributed by atoms with Gasteiger partial charge in [0.05, 0.1) is 45.6 Å². The molecule has 0 aliphatic carbocycles. The number of thiazole rings is 1. The normalized spacial score (nSPS) is 12.1. The second-order valence-corrected chi connectivity index (χ2v) is 8.13. The first-order valence-corrected chi connectivity index (χ1v) is 9.11. The fraction of sp³-hybridized carbons (Fsp3) is 0.500. The Labute approximate surface area is 149 Å². The molecule has 6 heteroatoms. The molecule has 0 saturated heterocycles. The first-order chi connectivity index (χ1) is 11.3. The zero-order valence-electron chi connectivity index (χ0n) is 15.6. The molecule has 0 fully saturated rings. The van der Waals surface area contributed by atoms with Crippen molar-refractivity contribution in [2.45, 2.75) is 20.8 Å². The molecule has 1 aromatic carbocycles. The van der Waals surface area contributed by atoms with E-state index in [1.54, 1.807) is 11.3 Å². The fourth-order valence-corrected chi connectivity index (χ4v) is 2.95. The number of aromatic nitrogens is 1. The molecule has 0 spiro atoms. The topological polar surface area (TPSA) is 40.9 Å². The number of rotatable bonds is 7. The summed E-state index contributed by atoms with van der Waals surface area (Å²) >= 11 is 1.57. The molecule has 5 nitrogen and oxygen atoms in total. The van der Waals surface area contributed by atoms with Gasteiger partial charge in [-0.05, 0) is 45.0 Å². The summed E-state index contributed by atoms with van der Waals surface area (Å²) in [5.41, 5.74) is 3.11. The summed E-state index contributed by atoms with van der Waals surface area (Å²) in [5, 5.41) is 9.25. The van der Waals surface area contributed by atoms with E-state index in [9.17, 15) is 0 Å². The van der Waals surface area contributed by atoms with Crippen LogP contribution in [-0.2, 0) is 0 Å². The van der Waals surface area contributed by atoms with Crippen molar-refractivity contribution >= 4 is 27.8 Å². The lowest BCUT2D eigenvalue weighted by molar-refractivity contribution is -0.868. The van der Waals surface area contributed by atoms with E-state index in [1.807, 2.05) is 19.1 Å². The standard InChI is InChI=1S/C18H28N5S/c1-7-22(12-13-23(4,5)6)17-10-8-16(9-11-17)20-21-18-19-14(2)15(3)24-18/h8-11H,7,12-13H2,1-6H3/q+1. The number of hydrogen-bond donors (Lipinski definition) is 0. The summed E-state index contributed by atoms with van der Waals surface area (Å²) in [6, 6.07) is 8.26. The van der Waals surface area contributed by atoms with E-state index in [0.29, 0.717) is 5.13 Å². The third-order valence-electron chi connectivity index (χ3n) is 3.91. The molecule has 2 rings (SSSR count). The number of likely N-dealkylation sites (N-methyl/N-ethyl adjacent to an activating group) is 2. The molecule has 2 aromatic rings. The second-order valence-electron chi connectivity index (χ2n) is 6.95. The third kappa shape index (κ3) is 5.39. The second kappa shape index (κ2) is 7.85. The molecule has 0 unspecified atom stereocenters. The van der Waals surface area contributed by atoms with Gasteiger partial charge >= 0.3 is 0 Å². The van der Waals surface area contributed by atoms with Crippen molar-refractivity contribution in [3.63, 3.8) is 0 Å². The van der Waals surface area contributed by atoms with Crippen molar-refractivity contribution in [3.05, 3.63) is 34.8 Å². The molecular formula is C18H28N5S+. The van der Waals surface area contributed by atoms with E-state index in [1.165, 1.54) is 10.6 Å². The molecule has 24 heavy (non-hydrogen) atoms. The van der Waals surface area contributed by atoms with E-state index in [0.717, 1.165) is 35.5 Å². The summed E-state index contributed by atoms with van der Waals surface area (Å²) in [4.78, 5) is 7.96. The van der Waals surface area contributed by atoms with Crippen LogP contribution in [0.1, 0.15) is 17.5 Å². The third-order valence-corrected chi connectivity index (χ3v) is 4.86. The summed E-state index contributed by atoms with van der Waals surface area (Å²) in [6.07, 6.45) is 0. The Morgan fingerprint density at radius 3 is 2.25 bits per heavy atom. The minimum Gasteiger partial charge on any atom is -0.366 e. The van der Waals surface area contributed by atoms with Gasteiger partial charge in [0.1, 0.15) is 0 Å². The van der Waals surface area contributed by atoms with Gasteiger partial charge in [-0.2, -0.15) is 0 Å². The van der Waals surface area contributed by atoms with Crippen LogP contribution in [-0.4, -0.2) is 50.2 Å². The van der Waals surface area contributed by atoms with Gasteiger partial charge in [-0.25, -0.2) is 4.98 Å². The largest absolute Gasteiger partial charge is 0.366 e. The first-order valence-electron chi connectivity index (χ1n) is 8.30. The minimum absolute atomic E-state index is 0.715. The Bertz CT molecular complexity index is 663. The highest BCUT2D eigenvalue weighted by Gasteiger charge is 2.11. The van der Waals surface area contributed by atoms with Crippen LogP contribution in [0.4, 0.5) is 16.5 Å². The number of quaternary nitrogens is 1. The highest BCUT2D eigenvalue weighted by molar-refractivity contribution is 7.15. The van der Waals surface area contributed by atoms with Gasteiger partial charge in [-0.3, -0.25) is 0 Å². The van der Waals surface area contributed by atoms with Crippen molar-refractivity contribution in [1.82, 2.24) is 4.98 Å². The van der Waals surface area contributed by atoms with Crippen molar-refractivity contribution in [3.8, 4) is 0 Å². The maximum absolute atomic E-state index is 4.38. The quantitative estimate of drug-likeness (QED) is 0.538. The molecule has 0 bridgehead atoms. The molecule has 0 aliphatic rings. The Morgan fingerprint density at radius 2 is 1.75 bits per heavy atom. The summed E-state index contributed by atoms with van der Waals surface area (Å²) in [7, 11) is 6.66. The van der Waals surface area contributed by atoms with E-state index < -0.39 is 0 Å². The average molecular weight is 347 g/mol. The molecule has 0 N–H and O–H groups in total. The SMILES string of the molecule is CCN(CC[N+](C)(C)C)c1ccc(N=Nc2nc(C)c(C)s2)cc1. The van der Waals surface area contributed by atoms with Gasteiger partial charge < -0.3 is 9.38 Å². The van der Waals surface area contributed by atoms with Crippen molar-refractivity contribution in [1.29, 1.82) is 0 Å². The van der Waals surface area contributed by atoms with E-state index in [-0.39, 0.29) is 0 Å². The Balaban J connectivity index is 2.03. The van der Waals surface area contributed by atoms with Gasteiger partial charge in [0.25, 0.3) is 0 Å². The Morgan fingerprint density at radius 1 is 1.08 bits per heavy atom. The fourth-order valence-electron chi connectivity index (χ4n) is 2.22. The first kappa shape index (κ1) is 18.5. The predicted molar refractivity (Wildman–Crippen MR) is 103 cm³/mol. The minimum atomic E-state index is 0.715. The highest BCUT2D eigenvalue weighted by Crippen LogP contribution is 2.26. The zero-order chi connectivity index (χ0) is 17.7. The molecule has 1 heterocycles. The molecule has 1 aromatic heterocycles. The predicted octanol–water partition coefficient (Wildman–Crippen LogP) is 4.71. The van der Waals surface area contributed by atoms with Gasteiger partial charge in [0.15, 0.2) is 0 Å². The van der Waals surface area contributed by atoms with Gasteiger partial charge in [0.2, 0.25) is 5.13 Å². The number of benzene rings is 1. The van der Waals surface area contributed by atoms with E-state index >= 15 is 0 Å². The van der Waals surface area contributed by atoms with Crippen LogP contribution in [0.3, 0.4) is 0 Å². The smallest absolute Gasteiger partial charge is 0.230 e. The van der Waals surface area contributed by atoms with Gasteiger partial charge in [-0.1, -0.05) is 11.3 Å². The van der Waals surface area contributed by atoms with Crippen LogP contribution >= 0.6 is 11.3 Å². The van der Waals surface area contributed by atoms with Crippen LogP contribution in [0.25, 0.3) is 0 Å². The lowest BCUT2D eigenvalue weighted by Crippen LogP contribution is -2.42. The van der Waals surface area contributed by atoms with Crippen molar-refractivity contribution in [2.24, 2.45) is 10.2 Å². The Hall–Kier alpha value is -1.79. The van der Waals surface area contributed by atoms with Gasteiger partial charge in [-0.15, -0.1) is 10.2 Å². The van der Waals surface area contributed by atoms with Crippen LogP contribution < -0.4 is 4.90 Å². The number of azo groups is 1. The maximum atomic E-state index is 4.38. The summed E-state index contributed by atoms with van der Waals surface area (Å²) in [6.45, 7) is 9.39. The van der Waals surface area contributed by atoms with Crippen LogP contribution in [0.15, 0.2) is 34.5 Å². The zero-order valence-corrected chi connectivity index (χ0v) is 16.4. The molecule has 0 saturated carbocycles. The molecule has 0 radical (unpaired) electrons. The highest BCUT2D eigenvalue weighted by atomic mass is 32.1. The number of anilines is 1. The van der Waals surface area contributed by atoms with Gasteiger partial charge in [0, 0.05) is 17.1 Å². The van der Waals surface area contributed by atoms with Crippen LogP contribution in [0.2, 0.25) is 0 Å².